The molecule has 1 aliphatic rings. The van der Waals surface area contributed by atoms with E-state index in [0.717, 1.165) is 24.1 Å². The van der Waals surface area contributed by atoms with Gasteiger partial charge in [-0.1, -0.05) is 76.6 Å². The molecule has 0 saturated carbocycles. The molecule has 0 bridgehead atoms. The lowest BCUT2D eigenvalue weighted by Crippen LogP contribution is -2.45. The summed E-state index contributed by atoms with van der Waals surface area (Å²) in [5.74, 6) is 0.138. The number of halogens is 1. The summed E-state index contributed by atoms with van der Waals surface area (Å²) in [7, 11) is 0. The van der Waals surface area contributed by atoms with Crippen molar-refractivity contribution in [2.24, 2.45) is 10.7 Å². The summed E-state index contributed by atoms with van der Waals surface area (Å²) in [6.45, 7) is 10.4. The molecule has 2 aromatic carbocycles. The number of Topliss-reactive ketones (excluding diaryl/α,β-unsaturated/α-hetero) is 2. The maximum atomic E-state index is 11.1. The molecule has 0 radical (unpaired) electrons. The number of hydrogen-bond acceptors (Lipinski definition) is 5. The summed E-state index contributed by atoms with van der Waals surface area (Å²) in [6, 6.07) is 19.9. The predicted octanol–water partition coefficient (Wildman–Crippen LogP) is 5.97. The van der Waals surface area contributed by atoms with E-state index in [1.807, 2.05) is 48.5 Å². The molecule has 1 unspecified atom stereocenters. The van der Waals surface area contributed by atoms with E-state index in [1.54, 1.807) is 27.0 Å². The summed E-state index contributed by atoms with van der Waals surface area (Å²) in [5.41, 5.74) is 7.53. The predicted molar refractivity (Wildman–Crippen MR) is 147 cm³/mol. The molecule has 1 saturated heterocycles. The molecule has 188 valence electrons. The highest BCUT2D eigenvalue weighted by molar-refractivity contribution is 9.08. The van der Waals surface area contributed by atoms with Crippen molar-refractivity contribution < 1.29 is 14.3 Å². The van der Waals surface area contributed by atoms with Crippen molar-refractivity contribution in [2.45, 2.75) is 70.8 Å². The van der Waals surface area contributed by atoms with Crippen molar-refractivity contribution in [2.75, 3.05) is 13.2 Å². The highest BCUT2D eigenvalue weighted by Crippen LogP contribution is 2.11. The van der Waals surface area contributed by atoms with Crippen molar-refractivity contribution in [1.29, 1.82) is 0 Å². The van der Waals surface area contributed by atoms with Gasteiger partial charge < -0.3 is 10.5 Å². The van der Waals surface area contributed by atoms with Gasteiger partial charge in [0.25, 0.3) is 0 Å². The second-order valence-electron chi connectivity index (χ2n) is 8.27. The third kappa shape index (κ3) is 16.5. The number of rotatable bonds is 6. The third-order valence-electron chi connectivity index (χ3n) is 5.00. The Morgan fingerprint density at radius 3 is 1.76 bits per heavy atom. The Bertz CT molecular complexity index is 812. The molecule has 0 amide bonds. The fourth-order valence-corrected chi connectivity index (χ4v) is 2.92. The van der Waals surface area contributed by atoms with Gasteiger partial charge in [0.1, 0.15) is 11.8 Å². The standard InChI is InChI=1S/C11H15NO.C7H7Br.C6H11NO.C4H8O/c1-9(13)11(2,12)8-10-6-4-3-5-7-10;8-6-7-4-2-1-3-5-7;1-4-7-5(2)6(3)8;1-2-4-5-3-1/h3-7H,8,12H2,1-2H3;1-5H,6H2;4-5H,1-3H3;1-4H2/t11-;;;/m1.../s1. The quantitative estimate of drug-likeness (QED) is 0.367. The number of aliphatic imine (C=N–C) groups is 1. The maximum absolute atomic E-state index is 11.1. The van der Waals surface area contributed by atoms with E-state index in [9.17, 15) is 9.59 Å². The van der Waals surface area contributed by atoms with E-state index in [1.165, 1.54) is 32.3 Å². The smallest absolute Gasteiger partial charge is 0.153 e. The van der Waals surface area contributed by atoms with Crippen LogP contribution in [0.15, 0.2) is 65.7 Å². The number of alkyl halides is 1. The molecule has 0 spiro atoms. The number of nitrogens with two attached hydrogens (primary N) is 1. The minimum Gasteiger partial charge on any atom is -0.381 e. The van der Waals surface area contributed by atoms with Crippen LogP contribution in [-0.4, -0.2) is 42.6 Å². The molecule has 1 heterocycles. The van der Waals surface area contributed by atoms with E-state index < -0.39 is 5.54 Å². The summed E-state index contributed by atoms with van der Waals surface area (Å²) < 4.78 is 4.94. The molecule has 2 atom stereocenters. The van der Waals surface area contributed by atoms with Crippen LogP contribution in [0, 0.1) is 0 Å². The number of carbonyl (C=O) groups is 2. The zero-order valence-electron chi connectivity index (χ0n) is 21.3. The van der Waals surface area contributed by atoms with Gasteiger partial charge >= 0.3 is 0 Å². The summed E-state index contributed by atoms with van der Waals surface area (Å²) in [4.78, 5) is 25.4. The number of nitrogens with zero attached hydrogens (tertiary/aromatic N) is 1. The van der Waals surface area contributed by atoms with E-state index in [2.05, 4.69) is 33.1 Å². The third-order valence-corrected chi connectivity index (χ3v) is 5.65. The second kappa shape index (κ2) is 19.2. The average Bonchev–Trinajstić information content (AvgIpc) is 3.41. The first-order chi connectivity index (χ1) is 16.1. The zero-order valence-corrected chi connectivity index (χ0v) is 22.9. The monoisotopic (exact) mass is 532 g/mol. The average molecular weight is 534 g/mol. The molecule has 3 rings (SSSR count). The van der Waals surface area contributed by atoms with Crippen LogP contribution < -0.4 is 5.73 Å². The lowest BCUT2D eigenvalue weighted by molar-refractivity contribution is -0.121. The van der Waals surface area contributed by atoms with Gasteiger partial charge in [0.05, 0.1) is 5.54 Å². The first-order valence-electron chi connectivity index (χ1n) is 11.6. The molecule has 5 nitrogen and oxygen atoms in total. The lowest BCUT2D eigenvalue weighted by atomic mass is 9.90. The van der Waals surface area contributed by atoms with Gasteiger partial charge in [0, 0.05) is 18.5 Å². The molecule has 1 fully saturated rings. The topological polar surface area (TPSA) is 81.8 Å². The molecule has 1 aliphatic heterocycles. The molecule has 0 aromatic heterocycles. The van der Waals surface area contributed by atoms with Crippen molar-refractivity contribution in [3.05, 3.63) is 71.8 Å². The molecule has 6 heteroatoms. The van der Waals surface area contributed by atoms with Gasteiger partial charge in [-0.15, -0.1) is 0 Å². The SMILES string of the molecule is BrCc1ccccc1.C1CCOC1.CC(=O)[C@](C)(N)Cc1ccccc1.CC=NC(C)C(C)=O. The maximum Gasteiger partial charge on any atom is 0.153 e. The fraction of sp³-hybridized carbons (Fsp3) is 0.464. The lowest BCUT2D eigenvalue weighted by Gasteiger charge is -2.20. The minimum absolute atomic E-state index is 0.0244. The van der Waals surface area contributed by atoms with E-state index in [0.29, 0.717) is 6.42 Å². The highest BCUT2D eigenvalue weighted by atomic mass is 79.9. The first kappa shape index (κ1) is 31.9. The van der Waals surface area contributed by atoms with E-state index in [-0.39, 0.29) is 17.6 Å². The van der Waals surface area contributed by atoms with Crippen LogP contribution in [0.1, 0.15) is 58.6 Å². The van der Waals surface area contributed by atoms with Gasteiger partial charge in [-0.25, -0.2) is 0 Å². The zero-order chi connectivity index (χ0) is 25.8. The van der Waals surface area contributed by atoms with Crippen LogP contribution in [0.5, 0.6) is 0 Å². The normalized spacial score (nSPS) is 14.8. The van der Waals surface area contributed by atoms with Gasteiger partial charge in [-0.2, -0.15) is 0 Å². The summed E-state index contributed by atoms with van der Waals surface area (Å²) in [5, 5.41) is 0.952. The first-order valence-corrected chi connectivity index (χ1v) is 12.8. The molecule has 0 aliphatic carbocycles. The summed E-state index contributed by atoms with van der Waals surface area (Å²) in [6.07, 6.45) is 4.80. The van der Waals surface area contributed by atoms with Crippen LogP contribution in [-0.2, 0) is 26.1 Å². The Morgan fingerprint density at radius 2 is 1.50 bits per heavy atom. The summed E-state index contributed by atoms with van der Waals surface area (Å²) >= 11 is 3.36. The molecular formula is C28H41BrN2O3. The van der Waals surface area contributed by atoms with Crippen molar-refractivity contribution in [3.8, 4) is 0 Å². The largest absolute Gasteiger partial charge is 0.381 e. The Balaban J connectivity index is 0.000000452. The van der Waals surface area contributed by atoms with Crippen LogP contribution >= 0.6 is 15.9 Å². The van der Waals surface area contributed by atoms with Crippen molar-refractivity contribution in [1.82, 2.24) is 0 Å². The minimum atomic E-state index is -0.735. The van der Waals surface area contributed by atoms with Crippen molar-refractivity contribution >= 4 is 33.7 Å². The number of hydrogen-bond donors (Lipinski definition) is 1. The molecule has 34 heavy (non-hydrogen) atoms. The van der Waals surface area contributed by atoms with Gasteiger partial charge in [0.15, 0.2) is 5.78 Å². The number of carbonyl (C=O) groups excluding carboxylic acids is 2. The van der Waals surface area contributed by atoms with Gasteiger partial charge in [-0.05, 0) is 71.2 Å². The second-order valence-corrected chi connectivity index (χ2v) is 8.83. The van der Waals surface area contributed by atoms with Crippen LogP contribution in [0.2, 0.25) is 0 Å². The Morgan fingerprint density at radius 1 is 1.03 bits per heavy atom. The molecular weight excluding hydrogens is 492 g/mol. The molecule has 2 N–H and O–H groups in total. The number of ether oxygens (including phenoxy) is 1. The van der Waals surface area contributed by atoms with Crippen LogP contribution in [0.25, 0.3) is 0 Å². The van der Waals surface area contributed by atoms with Crippen molar-refractivity contribution in [3.63, 3.8) is 0 Å². The van der Waals surface area contributed by atoms with Crippen LogP contribution in [0.4, 0.5) is 0 Å². The Kier molecular flexibility index (Phi) is 18.0. The van der Waals surface area contributed by atoms with Gasteiger partial charge in [0.2, 0.25) is 0 Å². The Hall–Kier alpha value is -2.15. The van der Waals surface area contributed by atoms with Crippen LogP contribution in [0.3, 0.4) is 0 Å². The van der Waals surface area contributed by atoms with Gasteiger partial charge in [-0.3, -0.25) is 14.6 Å². The van der Waals surface area contributed by atoms with E-state index in [4.69, 9.17) is 10.5 Å². The Labute approximate surface area is 214 Å². The van der Waals surface area contributed by atoms with E-state index >= 15 is 0 Å². The molecule has 2 aromatic rings. The number of benzene rings is 2. The fourth-order valence-electron chi connectivity index (χ4n) is 2.55. The highest BCUT2D eigenvalue weighted by Gasteiger charge is 2.24. The number of ketones is 2.